The molecular weight excluding hydrogens is 454 g/mol. The van der Waals surface area contributed by atoms with E-state index in [1.807, 2.05) is 38.1 Å². The van der Waals surface area contributed by atoms with Crippen molar-refractivity contribution < 1.29 is 19.1 Å². The lowest BCUT2D eigenvalue weighted by atomic mass is 10.1. The zero-order chi connectivity index (χ0) is 21.4. The summed E-state index contributed by atoms with van der Waals surface area (Å²) < 4.78 is 6.17. The molecule has 7 heteroatoms. The summed E-state index contributed by atoms with van der Waals surface area (Å²) in [4.78, 5) is 36.1. The molecule has 0 aliphatic heterocycles. The minimum Gasteiger partial charge on any atom is -0.457 e. The smallest absolute Gasteiger partial charge is 0.316 e. The van der Waals surface area contributed by atoms with Gasteiger partial charge in [-0.3, -0.25) is 14.4 Å². The van der Waals surface area contributed by atoms with E-state index >= 15 is 0 Å². The highest BCUT2D eigenvalue weighted by molar-refractivity contribution is 9.10. The number of halogens is 1. The Balaban J connectivity index is 1.79. The molecule has 5 nitrogen and oxygen atoms in total. The number of Topliss-reactive ketones (excluding diaryl/α,β-unsaturated/α-hetero) is 1. The Hall–Kier alpha value is -2.12. The number of thioether (sulfide) groups is 1. The second-order valence-corrected chi connectivity index (χ2v) is 8.54. The van der Waals surface area contributed by atoms with Gasteiger partial charge in [-0.2, -0.15) is 0 Å². The standard InChI is InChI=1S/C22H24BrNO4S/c1-14-11-21(15(2)10-19(14)23)29-13-22(27)28-12-20(26)18-6-4-17(5-7-18)8-9-24-16(3)25/h4-7,10-11H,8-9,12-13H2,1-3H3,(H,24,25). The van der Waals surface area contributed by atoms with Gasteiger partial charge in [0.2, 0.25) is 5.91 Å². The Morgan fingerprint density at radius 2 is 1.76 bits per heavy atom. The number of nitrogens with one attached hydrogen (secondary N) is 1. The Morgan fingerprint density at radius 3 is 2.41 bits per heavy atom. The fraction of sp³-hybridized carbons (Fsp3) is 0.318. The molecule has 0 fully saturated rings. The Labute approximate surface area is 183 Å². The number of carbonyl (C=O) groups is 3. The van der Waals surface area contributed by atoms with Crippen LogP contribution >= 0.6 is 27.7 Å². The van der Waals surface area contributed by atoms with E-state index in [1.54, 1.807) is 12.1 Å². The molecule has 0 radical (unpaired) electrons. The summed E-state index contributed by atoms with van der Waals surface area (Å²) in [6.45, 7) is 5.73. The Morgan fingerprint density at radius 1 is 1.07 bits per heavy atom. The fourth-order valence-electron chi connectivity index (χ4n) is 2.56. The van der Waals surface area contributed by atoms with Gasteiger partial charge in [0.1, 0.15) is 0 Å². The van der Waals surface area contributed by atoms with Gasteiger partial charge >= 0.3 is 5.97 Å². The lowest BCUT2D eigenvalue weighted by Crippen LogP contribution is -2.22. The molecule has 29 heavy (non-hydrogen) atoms. The molecule has 0 unspecified atom stereocenters. The average Bonchev–Trinajstić information content (AvgIpc) is 2.68. The number of aryl methyl sites for hydroxylation is 2. The van der Waals surface area contributed by atoms with Crippen molar-refractivity contribution in [3.8, 4) is 0 Å². The monoisotopic (exact) mass is 477 g/mol. The summed E-state index contributed by atoms with van der Waals surface area (Å²) in [6, 6.07) is 11.1. The molecule has 0 spiro atoms. The van der Waals surface area contributed by atoms with Crippen LogP contribution in [0.15, 0.2) is 45.8 Å². The lowest BCUT2D eigenvalue weighted by Gasteiger charge is -2.09. The fourth-order valence-corrected chi connectivity index (χ4v) is 3.92. The highest BCUT2D eigenvalue weighted by Crippen LogP contribution is 2.28. The molecule has 1 N–H and O–H groups in total. The van der Waals surface area contributed by atoms with Gasteiger partial charge in [0.15, 0.2) is 12.4 Å². The minimum atomic E-state index is -0.421. The summed E-state index contributed by atoms with van der Waals surface area (Å²) >= 11 is 4.89. The van der Waals surface area contributed by atoms with Crippen molar-refractivity contribution in [1.82, 2.24) is 5.32 Å². The van der Waals surface area contributed by atoms with Crippen molar-refractivity contribution >= 4 is 45.4 Å². The van der Waals surface area contributed by atoms with Crippen molar-refractivity contribution in [1.29, 1.82) is 0 Å². The number of amides is 1. The third-order valence-corrected chi connectivity index (χ3v) is 6.21. The molecule has 1 amide bonds. The first-order valence-corrected chi connectivity index (χ1v) is 11.0. The topological polar surface area (TPSA) is 72.5 Å². The summed E-state index contributed by atoms with van der Waals surface area (Å²) in [7, 11) is 0. The molecule has 0 aliphatic carbocycles. The SMILES string of the molecule is CC(=O)NCCc1ccc(C(=O)COC(=O)CSc2cc(C)c(Br)cc2C)cc1. The van der Waals surface area contributed by atoms with Gasteiger partial charge in [0.05, 0.1) is 5.75 Å². The van der Waals surface area contributed by atoms with E-state index in [9.17, 15) is 14.4 Å². The Bertz CT molecular complexity index is 896. The van der Waals surface area contributed by atoms with Crippen LogP contribution in [0.3, 0.4) is 0 Å². The number of carbonyl (C=O) groups excluding carboxylic acids is 3. The summed E-state index contributed by atoms with van der Waals surface area (Å²) in [5.41, 5.74) is 3.69. The van der Waals surface area contributed by atoms with Gasteiger partial charge in [0.25, 0.3) is 0 Å². The normalized spacial score (nSPS) is 10.5. The van der Waals surface area contributed by atoms with E-state index in [1.165, 1.54) is 18.7 Å². The zero-order valence-electron chi connectivity index (χ0n) is 16.7. The lowest BCUT2D eigenvalue weighted by molar-refractivity contribution is -0.139. The minimum absolute atomic E-state index is 0.0674. The van der Waals surface area contributed by atoms with Crippen molar-refractivity contribution in [2.24, 2.45) is 0 Å². The van der Waals surface area contributed by atoms with Crippen molar-refractivity contribution in [3.05, 3.63) is 63.1 Å². The van der Waals surface area contributed by atoms with E-state index < -0.39 is 5.97 Å². The quantitative estimate of drug-likeness (QED) is 0.331. The van der Waals surface area contributed by atoms with Crippen LogP contribution in [-0.4, -0.2) is 36.6 Å². The highest BCUT2D eigenvalue weighted by atomic mass is 79.9. The predicted octanol–water partition coefficient (Wildman–Crippen LogP) is 4.26. The van der Waals surface area contributed by atoms with E-state index in [2.05, 4.69) is 21.2 Å². The molecule has 0 atom stereocenters. The van der Waals surface area contributed by atoms with Crippen LogP contribution in [-0.2, 0) is 20.7 Å². The number of hydrogen-bond donors (Lipinski definition) is 1. The highest BCUT2D eigenvalue weighted by Gasteiger charge is 2.12. The van der Waals surface area contributed by atoms with Gasteiger partial charge in [-0.05, 0) is 49.1 Å². The predicted molar refractivity (Wildman–Crippen MR) is 118 cm³/mol. The second-order valence-electron chi connectivity index (χ2n) is 6.67. The van der Waals surface area contributed by atoms with Gasteiger partial charge in [-0.15, -0.1) is 11.8 Å². The first-order valence-electron chi connectivity index (χ1n) is 9.18. The van der Waals surface area contributed by atoms with Crippen LogP contribution in [0.25, 0.3) is 0 Å². The van der Waals surface area contributed by atoms with Gasteiger partial charge in [0, 0.05) is 28.4 Å². The summed E-state index contributed by atoms with van der Waals surface area (Å²) in [5, 5.41) is 2.73. The molecule has 0 aliphatic rings. The number of ether oxygens (including phenoxy) is 1. The molecule has 0 heterocycles. The molecule has 2 aromatic rings. The van der Waals surface area contributed by atoms with Gasteiger partial charge in [-0.25, -0.2) is 0 Å². The maximum atomic E-state index is 12.2. The first-order chi connectivity index (χ1) is 13.8. The molecule has 0 saturated carbocycles. The van der Waals surface area contributed by atoms with Crippen LogP contribution < -0.4 is 5.32 Å². The van der Waals surface area contributed by atoms with E-state index in [-0.39, 0.29) is 24.1 Å². The number of rotatable bonds is 9. The number of benzene rings is 2. The van der Waals surface area contributed by atoms with E-state index in [4.69, 9.17) is 4.74 Å². The number of hydrogen-bond acceptors (Lipinski definition) is 5. The average molecular weight is 478 g/mol. The van der Waals surface area contributed by atoms with Crippen LogP contribution in [0.4, 0.5) is 0 Å². The maximum absolute atomic E-state index is 12.2. The molecule has 0 saturated heterocycles. The van der Waals surface area contributed by atoms with Crippen molar-refractivity contribution in [2.45, 2.75) is 32.1 Å². The number of ketones is 1. The zero-order valence-corrected chi connectivity index (χ0v) is 19.1. The van der Waals surface area contributed by atoms with E-state index in [0.29, 0.717) is 18.5 Å². The molecular formula is C22H24BrNO4S. The molecule has 154 valence electrons. The first kappa shape index (κ1) is 23.2. The third kappa shape index (κ3) is 7.66. The Kier molecular flexibility index (Phi) is 8.92. The van der Waals surface area contributed by atoms with Crippen molar-refractivity contribution in [3.63, 3.8) is 0 Å². The maximum Gasteiger partial charge on any atom is 0.316 e. The molecule has 0 aromatic heterocycles. The largest absolute Gasteiger partial charge is 0.457 e. The van der Waals surface area contributed by atoms with Gasteiger partial charge in [-0.1, -0.05) is 40.2 Å². The molecule has 0 bridgehead atoms. The summed E-state index contributed by atoms with van der Waals surface area (Å²) in [6.07, 6.45) is 0.690. The number of esters is 1. The van der Waals surface area contributed by atoms with Crippen LogP contribution in [0.1, 0.15) is 34.0 Å². The van der Waals surface area contributed by atoms with E-state index in [0.717, 1.165) is 26.1 Å². The van der Waals surface area contributed by atoms with Gasteiger partial charge < -0.3 is 10.1 Å². The second kappa shape index (κ2) is 11.2. The van der Waals surface area contributed by atoms with Crippen LogP contribution in [0, 0.1) is 13.8 Å². The molecule has 2 rings (SSSR count). The van der Waals surface area contributed by atoms with Crippen LogP contribution in [0.2, 0.25) is 0 Å². The third-order valence-electron chi connectivity index (χ3n) is 4.23. The molecule has 2 aromatic carbocycles. The van der Waals surface area contributed by atoms with Crippen molar-refractivity contribution in [2.75, 3.05) is 18.9 Å². The van der Waals surface area contributed by atoms with Crippen LogP contribution in [0.5, 0.6) is 0 Å². The summed E-state index contributed by atoms with van der Waals surface area (Å²) in [5.74, 6) is -0.582.